The Morgan fingerprint density at radius 1 is 1.19 bits per heavy atom. The minimum Gasteiger partial charge on any atom is -0.383 e. The second-order valence-corrected chi connectivity index (χ2v) is 6.11. The molecule has 1 aromatic carbocycles. The van der Waals surface area contributed by atoms with Gasteiger partial charge < -0.3 is 10.1 Å². The minimum atomic E-state index is 0.737. The maximum atomic E-state index is 5.11. The van der Waals surface area contributed by atoms with Crippen LogP contribution in [0.5, 0.6) is 0 Å². The van der Waals surface area contributed by atoms with Crippen LogP contribution in [0.25, 0.3) is 0 Å². The fourth-order valence-corrected chi connectivity index (χ4v) is 2.79. The Morgan fingerprint density at radius 3 is 2.76 bits per heavy atom. The third kappa shape index (κ3) is 8.90. The first kappa shape index (κ1) is 18.2. The maximum absolute atomic E-state index is 5.11. The average Bonchev–Trinajstić information content (AvgIpc) is 2.48. The van der Waals surface area contributed by atoms with E-state index in [9.17, 15) is 0 Å². The van der Waals surface area contributed by atoms with Crippen LogP contribution in [-0.2, 0) is 11.2 Å². The van der Waals surface area contributed by atoms with Gasteiger partial charge in [0, 0.05) is 13.7 Å². The van der Waals surface area contributed by atoms with Crippen LogP contribution in [0.2, 0.25) is 0 Å². The first-order chi connectivity index (χ1) is 10.3. The second-order valence-electron chi connectivity index (χ2n) is 6.11. The van der Waals surface area contributed by atoms with Crippen molar-refractivity contribution in [3.63, 3.8) is 0 Å². The fraction of sp³-hybridized carbons (Fsp3) is 0.684. The van der Waals surface area contributed by atoms with E-state index in [0.717, 1.165) is 25.6 Å². The quantitative estimate of drug-likeness (QED) is 0.578. The topological polar surface area (TPSA) is 21.3 Å². The van der Waals surface area contributed by atoms with Gasteiger partial charge in [-0.3, -0.25) is 0 Å². The third-order valence-electron chi connectivity index (χ3n) is 3.99. The molecule has 0 saturated heterocycles. The van der Waals surface area contributed by atoms with Crippen LogP contribution in [0.3, 0.4) is 0 Å². The molecule has 0 bridgehead atoms. The predicted molar refractivity (Wildman–Crippen MR) is 91.9 cm³/mol. The van der Waals surface area contributed by atoms with Gasteiger partial charge in [0.25, 0.3) is 0 Å². The van der Waals surface area contributed by atoms with Gasteiger partial charge in [0.2, 0.25) is 0 Å². The molecule has 1 unspecified atom stereocenters. The smallest absolute Gasteiger partial charge is 0.0587 e. The molecule has 0 fully saturated rings. The Labute approximate surface area is 131 Å². The average molecular weight is 291 g/mol. The van der Waals surface area contributed by atoms with Crippen LogP contribution in [0.15, 0.2) is 24.3 Å². The summed E-state index contributed by atoms with van der Waals surface area (Å²) in [6, 6.07) is 8.95. The SMILES string of the molecule is CCCCCCC(CNCCOC)Cc1cccc(C)c1. The Hall–Kier alpha value is -0.860. The number of benzene rings is 1. The molecule has 1 atom stereocenters. The van der Waals surface area contributed by atoms with Crippen molar-refractivity contribution in [3.8, 4) is 0 Å². The molecule has 0 saturated carbocycles. The lowest BCUT2D eigenvalue weighted by molar-refractivity contribution is 0.197. The zero-order valence-electron chi connectivity index (χ0n) is 14.2. The summed E-state index contributed by atoms with van der Waals surface area (Å²) in [4.78, 5) is 0. The van der Waals surface area contributed by atoms with E-state index in [1.54, 1.807) is 7.11 Å². The molecular weight excluding hydrogens is 258 g/mol. The predicted octanol–water partition coefficient (Wildman–Crippen LogP) is 4.36. The lowest BCUT2D eigenvalue weighted by Crippen LogP contribution is -2.27. The molecular formula is C19H33NO. The largest absolute Gasteiger partial charge is 0.383 e. The number of hydrogen-bond donors (Lipinski definition) is 1. The molecule has 0 aliphatic carbocycles. The van der Waals surface area contributed by atoms with Gasteiger partial charge in [-0.2, -0.15) is 0 Å². The number of methoxy groups -OCH3 is 1. The molecule has 1 aromatic rings. The van der Waals surface area contributed by atoms with Crippen molar-refractivity contribution in [2.24, 2.45) is 5.92 Å². The van der Waals surface area contributed by atoms with Crippen LogP contribution in [-0.4, -0.2) is 26.8 Å². The number of unbranched alkanes of at least 4 members (excludes halogenated alkanes) is 3. The van der Waals surface area contributed by atoms with Gasteiger partial charge in [0.15, 0.2) is 0 Å². The standard InChI is InChI=1S/C19H33NO/c1-4-5-6-7-10-19(16-20-12-13-21-3)15-18-11-8-9-17(2)14-18/h8-9,11,14,19-20H,4-7,10,12-13,15-16H2,1-3H3. The third-order valence-corrected chi connectivity index (χ3v) is 3.99. The van der Waals surface area contributed by atoms with Crippen LogP contribution in [0.1, 0.15) is 50.2 Å². The fourth-order valence-electron chi connectivity index (χ4n) is 2.79. The summed E-state index contributed by atoms with van der Waals surface area (Å²) in [5, 5.41) is 3.54. The van der Waals surface area contributed by atoms with Gasteiger partial charge in [-0.1, -0.05) is 62.4 Å². The molecule has 1 N–H and O–H groups in total. The van der Waals surface area contributed by atoms with E-state index in [1.165, 1.54) is 49.7 Å². The van der Waals surface area contributed by atoms with Gasteiger partial charge in [-0.15, -0.1) is 0 Å². The molecule has 0 aliphatic heterocycles. The van der Waals surface area contributed by atoms with Crippen molar-refractivity contribution < 1.29 is 4.74 Å². The van der Waals surface area contributed by atoms with Gasteiger partial charge in [-0.25, -0.2) is 0 Å². The molecule has 0 aromatic heterocycles. The summed E-state index contributed by atoms with van der Waals surface area (Å²) in [7, 11) is 1.76. The first-order valence-electron chi connectivity index (χ1n) is 8.51. The summed E-state index contributed by atoms with van der Waals surface area (Å²) >= 11 is 0. The molecule has 2 heteroatoms. The molecule has 1 rings (SSSR count). The van der Waals surface area contributed by atoms with E-state index >= 15 is 0 Å². The van der Waals surface area contributed by atoms with Crippen molar-refractivity contribution in [3.05, 3.63) is 35.4 Å². The van der Waals surface area contributed by atoms with E-state index < -0.39 is 0 Å². The molecule has 120 valence electrons. The van der Waals surface area contributed by atoms with E-state index in [0.29, 0.717) is 0 Å². The summed E-state index contributed by atoms with van der Waals surface area (Å²) in [5.74, 6) is 0.737. The second kappa shape index (κ2) is 11.8. The van der Waals surface area contributed by atoms with Crippen molar-refractivity contribution in [1.82, 2.24) is 5.32 Å². The lowest BCUT2D eigenvalue weighted by atomic mass is 9.93. The highest BCUT2D eigenvalue weighted by Gasteiger charge is 2.09. The van der Waals surface area contributed by atoms with Crippen LogP contribution >= 0.6 is 0 Å². The van der Waals surface area contributed by atoms with Crippen LogP contribution in [0.4, 0.5) is 0 Å². The Balaban J connectivity index is 2.41. The van der Waals surface area contributed by atoms with E-state index in [1.807, 2.05) is 0 Å². The number of rotatable bonds is 12. The Kier molecular flexibility index (Phi) is 10.2. The molecule has 0 spiro atoms. The van der Waals surface area contributed by atoms with Gasteiger partial charge in [0.1, 0.15) is 0 Å². The van der Waals surface area contributed by atoms with Crippen molar-refractivity contribution >= 4 is 0 Å². The lowest BCUT2D eigenvalue weighted by Gasteiger charge is -2.18. The zero-order valence-corrected chi connectivity index (χ0v) is 14.2. The summed E-state index contributed by atoms with van der Waals surface area (Å²) < 4.78 is 5.11. The van der Waals surface area contributed by atoms with E-state index in [2.05, 4.69) is 43.4 Å². The molecule has 0 heterocycles. The minimum absolute atomic E-state index is 0.737. The summed E-state index contributed by atoms with van der Waals surface area (Å²) in [5.41, 5.74) is 2.84. The van der Waals surface area contributed by atoms with Crippen molar-refractivity contribution in [1.29, 1.82) is 0 Å². The highest BCUT2D eigenvalue weighted by molar-refractivity contribution is 5.22. The van der Waals surface area contributed by atoms with Crippen LogP contribution in [0, 0.1) is 12.8 Å². The van der Waals surface area contributed by atoms with Crippen molar-refractivity contribution in [2.75, 3.05) is 26.8 Å². The number of aryl methyl sites for hydroxylation is 1. The highest BCUT2D eigenvalue weighted by atomic mass is 16.5. The normalized spacial score (nSPS) is 12.5. The summed E-state index contributed by atoms with van der Waals surface area (Å²) in [6.45, 7) is 7.30. The van der Waals surface area contributed by atoms with Crippen molar-refractivity contribution in [2.45, 2.75) is 52.4 Å². The highest BCUT2D eigenvalue weighted by Crippen LogP contribution is 2.17. The monoisotopic (exact) mass is 291 g/mol. The first-order valence-corrected chi connectivity index (χ1v) is 8.51. The number of nitrogens with one attached hydrogen (secondary N) is 1. The Morgan fingerprint density at radius 2 is 2.05 bits per heavy atom. The van der Waals surface area contributed by atoms with Crippen LogP contribution < -0.4 is 5.32 Å². The number of hydrogen-bond acceptors (Lipinski definition) is 2. The molecule has 21 heavy (non-hydrogen) atoms. The summed E-state index contributed by atoms with van der Waals surface area (Å²) in [6.07, 6.45) is 7.93. The van der Waals surface area contributed by atoms with Gasteiger partial charge in [-0.05, 0) is 37.8 Å². The Bertz CT molecular complexity index is 352. The van der Waals surface area contributed by atoms with Gasteiger partial charge in [0.05, 0.1) is 6.61 Å². The van der Waals surface area contributed by atoms with Gasteiger partial charge >= 0.3 is 0 Å². The van der Waals surface area contributed by atoms with E-state index in [-0.39, 0.29) is 0 Å². The molecule has 0 radical (unpaired) electrons. The molecule has 0 aliphatic rings. The molecule has 0 amide bonds. The molecule has 2 nitrogen and oxygen atoms in total. The zero-order chi connectivity index (χ0) is 15.3. The number of ether oxygens (including phenoxy) is 1. The van der Waals surface area contributed by atoms with E-state index in [4.69, 9.17) is 4.74 Å². The maximum Gasteiger partial charge on any atom is 0.0587 e.